The van der Waals surface area contributed by atoms with Crippen molar-refractivity contribution in [1.29, 1.82) is 0 Å². The Morgan fingerprint density at radius 1 is 1.33 bits per heavy atom. The number of nitrogens with one attached hydrogen (secondary N) is 1. The molecule has 0 aliphatic rings. The molecule has 0 radical (unpaired) electrons. The molecule has 0 atom stereocenters. The molecule has 0 aliphatic heterocycles. The van der Waals surface area contributed by atoms with Crippen molar-refractivity contribution >= 4 is 16.8 Å². The lowest BCUT2D eigenvalue weighted by atomic mass is 10.0. The van der Waals surface area contributed by atoms with Crippen LogP contribution in [0.15, 0.2) is 36.5 Å². The van der Waals surface area contributed by atoms with Gasteiger partial charge in [0, 0.05) is 17.1 Å². The van der Waals surface area contributed by atoms with E-state index in [0.29, 0.717) is 5.56 Å². The van der Waals surface area contributed by atoms with Crippen LogP contribution in [-0.2, 0) is 0 Å². The first-order chi connectivity index (χ1) is 8.53. The van der Waals surface area contributed by atoms with Crippen molar-refractivity contribution in [1.82, 2.24) is 10.3 Å². The minimum Gasteiger partial charge on any atom is -0.394 e. The summed E-state index contributed by atoms with van der Waals surface area (Å²) >= 11 is 0. The lowest BCUT2D eigenvalue weighted by Gasteiger charge is -2.23. The third-order valence-electron chi connectivity index (χ3n) is 2.74. The van der Waals surface area contributed by atoms with Gasteiger partial charge >= 0.3 is 0 Å². The first-order valence-corrected chi connectivity index (χ1v) is 5.81. The van der Waals surface area contributed by atoms with E-state index in [9.17, 15) is 9.90 Å². The summed E-state index contributed by atoms with van der Waals surface area (Å²) in [5.41, 5.74) is 0.718. The number of carbonyl (C=O) groups excluding carboxylic acids is 1. The average molecular weight is 244 g/mol. The number of aromatic nitrogens is 1. The fraction of sp³-hybridized carbons (Fsp3) is 0.286. The molecule has 2 aromatic rings. The number of nitrogens with zero attached hydrogens (tertiary/aromatic N) is 1. The van der Waals surface area contributed by atoms with Crippen LogP contribution in [0.1, 0.15) is 24.2 Å². The predicted octanol–water partition coefficient (Wildman–Crippen LogP) is 1.74. The van der Waals surface area contributed by atoms with Crippen LogP contribution in [0.4, 0.5) is 0 Å². The maximum Gasteiger partial charge on any atom is 0.252 e. The maximum atomic E-state index is 12.2. The molecule has 0 saturated carbocycles. The third kappa shape index (κ3) is 2.49. The van der Waals surface area contributed by atoms with E-state index in [2.05, 4.69) is 10.3 Å². The predicted molar refractivity (Wildman–Crippen MR) is 70.4 cm³/mol. The van der Waals surface area contributed by atoms with Gasteiger partial charge in [0.2, 0.25) is 0 Å². The second-order valence-electron chi connectivity index (χ2n) is 4.87. The summed E-state index contributed by atoms with van der Waals surface area (Å²) in [6, 6.07) is 9.09. The highest BCUT2D eigenvalue weighted by Crippen LogP contribution is 2.17. The van der Waals surface area contributed by atoms with E-state index in [4.69, 9.17) is 0 Å². The lowest BCUT2D eigenvalue weighted by molar-refractivity contribution is 0.0871. The fourth-order valence-electron chi connectivity index (χ4n) is 1.72. The monoisotopic (exact) mass is 244 g/mol. The van der Waals surface area contributed by atoms with E-state index < -0.39 is 5.54 Å². The number of pyridine rings is 1. The number of hydrogen-bond donors (Lipinski definition) is 2. The van der Waals surface area contributed by atoms with Gasteiger partial charge in [-0.05, 0) is 32.0 Å². The summed E-state index contributed by atoms with van der Waals surface area (Å²) in [5, 5.41) is 12.8. The van der Waals surface area contributed by atoms with Gasteiger partial charge in [-0.15, -0.1) is 0 Å². The third-order valence-corrected chi connectivity index (χ3v) is 2.74. The molecular weight excluding hydrogens is 228 g/mol. The number of fused-ring (bicyclic) bond motifs is 1. The summed E-state index contributed by atoms with van der Waals surface area (Å²) in [4.78, 5) is 16.4. The molecule has 0 unspecified atom stereocenters. The number of aliphatic hydroxyl groups excluding tert-OH is 1. The largest absolute Gasteiger partial charge is 0.394 e. The van der Waals surface area contributed by atoms with E-state index in [1.165, 1.54) is 0 Å². The number of amides is 1. The van der Waals surface area contributed by atoms with Crippen molar-refractivity contribution < 1.29 is 9.90 Å². The van der Waals surface area contributed by atoms with E-state index in [0.717, 1.165) is 10.9 Å². The topological polar surface area (TPSA) is 62.2 Å². The van der Waals surface area contributed by atoms with E-state index >= 15 is 0 Å². The van der Waals surface area contributed by atoms with Crippen molar-refractivity contribution in [2.45, 2.75) is 19.4 Å². The Balaban J connectivity index is 2.39. The van der Waals surface area contributed by atoms with Crippen molar-refractivity contribution in [2.24, 2.45) is 0 Å². The highest BCUT2D eigenvalue weighted by atomic mass is 16.3. The Bertz CT molecular complexity index is 574. The van der Waals surface area contributed by atoms with Crippen LogP contribution < -0.4 is 5.32 Å². The first-order valence-electron chi connectivity index (χ1n) is 5.81. The fourth-order valence-corrected chi connectivity index (χ4v) is 1.72. The average Bonchev–Trinajstić information content (AvgIpc) is 2.37. The molecule has 1 aromatic carbocycles. The summed E-state index contributed by atoms with van der Waals surface area (Å²) in [5.74, 6) is -0.201. The maximum absolute atomic E-state index is 12.2. The molecule has 0 spiro atoms. The number of rotatable bonds is 3. The molecule has 0 saturated heterocycles. The number of benzene rings is 1. The van der Waals surface area contributed by atoms with Crippen molar-refractivity contribution in [3.05, 3.63) is 42.1 Å². The van der Waals surface area contributed by atoms with Gasteiger partial charge in [-0.3, -0.25) is 9.78 Å². The normalized spacial score (nSPS) is 11.5. The van der Waals surface area contributed by atoms with Crippen LogP contribution in [0.5, 0.6) is 0 Å². The second-order valence-corrected chi connectivity index (χ2v) is 4.87. The van der Waals surface area contributed by atoms with Crippen LogP contribution in [-0.4, -0.2) is 28.1 Å². The van der Waals surface area contributed by atoms with E-state index in [-0.39, 0.29) is 12.5 Å². The Morgan fingerprint density at radius 2 is 2.11 bits per heavy atom. The van der Waals surface area contributed by atoms with Crippen LogP contribution in [0, 0.1) is 0 Å². The highest BCUT2D eigenvalue weighted by Gasteiger charge is 2.21. The van der Waals surface area contributed by atoms with Crippen LogP contribution >= 0.6 is 0 Å². The zero-order valence-corrected chi connectivity index (χ0v) is 10.5. The van der Waals surface area contributed by atoms with E-state index in [1.54, 1.807) is 38.2 Å². The highest BCUT2D eigenvalue weighted by molar-refractivity contribution is 6.06. The number of carbonyl (C=O) groups is 1. The molecule has 2 N–H and O–H groups in total. The molecule has 4 nitrogen and oxygen atoms in total. The Hall–Kier alpha value is -1.94. The van der Waals surface area contributed by atoms with Gasteiger partial charge in [0.05, 0.1) is 17.7 Å². The Labute approximate surface area is 106 Å². The van der Waals surface area contributed by atoms with Gasteiger partial charge in [-0.2, -0.15) is 0 Å². The van der Waals surface area contributed by atoms with E-state index in [1.807, 2.05) is 12.1 Å². The summed E-state index contributed by atoms with van der Waals surface area (Å²) < 4.78 is 0. The molecule has 2 rings (SSSR count). The first kappa shape index (κ1) is 12.5. The summed E-state index contributed by atoms with van der Waals surface area (Å²) in [6.07, 6.45) is 1.70. The zero-order chi connectivity index (χ0) is 13.2. The molecule has 1 amide bonds. The standard InChI is InChI=1S/C14H16N2O2/c1-14(2,9-17)16-13(18)11-5-3-7-12-10(11)6-4-8-15-12/h3-8,17H,9H2,1-2H3,(H,16,18). The quantitative estimate of drug-likeness (QED) is 0.864. The molecule has 0 fully saturated rings. The summed E-state index contributed by atoms with van der Waals surface area (Å²) in [7, 11) is 0. The minimum absolute atomic E-state index is 0.109. The number of hydrogen-bond acceptors (Lipinski definition) is 3. The van der Waals surface area contributed by atoms with Crippen molar-refractivity contribution in [3.63, 3.8) is 0 Å². The van der Waals surface area contributed by atoms with Gasteiger partial charge in [-0.1, -0.05) is 12.1 Å². The molecule has 94 valence electrons. The molecule has 1 aromatic heterocycles. The molecule has 4 heteroatoms. The molecule has 0 aliphatic carbocycles. The smallest absolute Gasteiger partial charge is 0.252 e. The van der Waals surface area contributed by atoms with Gasteiger partial charge in [0.15, 0.2) is 0 Å². The van der Waals surface area contributed by atoms with Crippen molar-refractivity contribution in [3.8, 4) is 0 Å². The van der Waals surface area contributed by atoms with Crippen LogP contribution in [0.25, 0.3) is 10.9 Å². The minimum atomic E-state index is -0.637. The lowest BCUT2D eigenvalue weighted by Crippen LogP contribution is -2.46. The van der Waals surface area contributed by atoms with Gasteiger partial charge in [0.1, 0.15) is 0 Å². The molecule has 1 heterocycles. The van der Waals surface area contributed by atoms with Crippen molar-refractivity contribution in [2.75, 3.05) is 6.61 Å². The molecule has 18 heavy (non-hydrogen) atoms. The second kappa shape index (κ2) is 4.74. The molecule has 0 bridgehead atoms. The zero-order valence-electron chi connectivity index (χ0n) is 10.5. The van der Waals surface area contributed by atoms with Gasteiger partial charge in [0.25, 0.3) is 5.91 Å². The number of aliphatic hydroxyl groups is 1. The summed E-state index contributed by atoms with van der Waals surface area (Å²) in [6.45, 7) is 3.43. The van der Waals surface area contributed by atoms with Gasteiger partial charge in [-0.25, -0.2) is 0 Å². The van der Waals surface area contributed by atoms with Gasteiger partial charge < -0.3 is 10.4 Å². The van der Waals surface area contributed by atoms with Crippen LogP contribution in [0.2, 0.25) is 0 Å². The Morgan fingerprint density at radius 3 is 2.83 bits per heavy atom. The molecular formula is C14H16N2O2. The van der Waals surface area contributed by atoms with Crippen LogP contribution in [0.3, 0.4) is 0 Å². The Kier molecular flexibility index (Phi) is 3.30. The SMILES string of the molecule is CC(C)(CO)NC(=O)c1cccc2ncccc12.